The number of hydrogen-bond acceptors (Lipinski definition) is 4. The minimum absolute atomic E-state index is 0.0798. The van der Waals surface area contributed by atoms with Crippen LogP contribution in [0.25, 0.3) is 0 Å². The minimum Gasteiger partial charge on any atom is -0.497 e. The first-order valence-corrected chi connectivity index (χ1v) is 10.9. The van der Waals surface area contributed by atoms with Crippen LogP contribution in [0, 0.1) is 0 Å². The largest absolute Gasteiger partial charge is 0.497 e. The van der Waals surface area contributed by atoms with Gasteiger partial charge in [0.1, 0.15) is 5.75 Å². The standard InChI is InChI=1S/C23H21BrN2O3S/c1-15(22(27)26-21-6-4-3-5-20(21)24)30-19-13-9-17(10-14-19)25-23(28)16-7-11-18(29-2)12-8-16/h3-15H,1-2H3,(H,25,28)(H,26,27). The average Bonchev–Trinajstić information content (AvgIpc) is 2.76. The van der Waals surface area contributed by atoms with Gasteiger partial charge in [-0.25, -0.2) is 0 Å². The van der Waals surface area contributed by atoms with Crippen LogP contribution in [0.4, 0.5) is 11.4 Å². The first kappa shape index (κ1) is 21.9. The summed E-state index contributed by atoms with van der Waals surface area (Å²) in [7, 11) is 1.58. The quantitative estimate of drug-likeness (QED) is 0.414. The van der Waals surface area contributed by atoms with Crippen molar-refractivity contribution in [1.29, 1.82) is 0 Å². The molecule has 0 aliphatic heterocycles. The van der Waals surface area contributed by atoms with Crippen LogP contribution in [0.1, 0.15) is 17.3 Å². The fraction of sp³-hybridized carbons (Fsp3) is 0.130. The van der Waals surface area contributed by atoms with Gasteiger partial charge >= 0.3 is 0 Å². The molecular weight excluding hydrogens is 464 g/mol. The lowest BCUT2D eigenvalue weighted by Gasteiger charge is -2.13. The van der Waals surface area contributed by atoms with Crippen molar-refractivity contribution in [3.8, 4) is 5.75 Å². The third-order valence-electron chi connectivity index (χ3n) is 4.28. The predicted molar refractivity (Wildman–Crippen MR) is 125 cm³/mol. The molecule has 0 saturated carbocycles. The first-order chi connectivity index (χ1) is 14.5. The summed E-state index contributed by atoms with van der Waals surface area (Å²) in [4.78, 5) is 25.8. The smallest absolute Gasteiger partial charge is 0.255 e. The molecule has 2 amide bonds. The van der Waals surface area contributed by atoms with Crippen LogP contribution in [0.3, 0.4) is 0 Å². The van der Waals surface area contributed by atoms with Crippen molar-refractivity contribution < 1.29 is 14.3 Å². The molecule has 3 aromatic rings. The van der Waals surface area contributed by atoms with Crippen molar-refractivity contribution in [1.82, 2.24) is 0 Å². The molecule has 1 unspecified atom stereocenters. The Morgan fingerprint density at radius 3 is 2.23 bits per heavy atom. The van der Waals surface area contributed by atoms with Crippen LogP contribution in [0.15, 0.2) is 82.2 Å². The molecule has 0 radical (unpaired) electrons. The summed E-state index contributed by atoms with van der Waals surface area (Å²) >= 11 is 4.88. The zero-order valence-electron chi connectivity index (χ0n) is 16.5. The van der Waals surface area contributed by atoms with Gasteiger partial charge in [0.25, 0.3) is 5.91 Å². The van der Waals surface area contributed by atoms with E-state index in [2.05, 4.69) is 26.6 Å². The third kappa shape index (κ3) is 5.87. The highest BCUT2D eigenvalue weighted by Crippen LogP contribution is 2.27. The van der Waals surface area contributed by atoms with E-state index in [4.69, 9.17) is 4.74 Å². The SMILES string of the molecule is COc1ccc(C(=O)Nc2ccc(SC(C)C(=O)Nc3ccccc3Br)cc2)cc1. The molecule has 5 nitrogen and oxygen atoms in total. The topological polar surface area (TPSA) is 67.4 Å². The molecule has 3 rings (SSSR count). The van der Waals surface area contributed by atoms with Crippen LogP contribution in [0.2, 0.25) is 0 Å². The van der Waals surface area contributed by atoms with Gasteiger partial charge < -0.3 is 15.4 Å². The van der Waals surface area contributed by atoms with Gasteiger partial charge in [-0.3, -0.25) is 9.59 Å². The van der Waals surface area contributed by atoms with Gasteiger partial charge in [-0.05, 0) is 83.5 Å². The Labute approximate surface area is 188 Å². The summed E-state index contributed by atoms with van der Waals surface area (Å²) in [6.45, 7) is 1.86. The molecule has 0 spiro atoms. The van der Waals surface area contributed by atoms with E-state index in [1.807, 2.05) is 55.5 Å². The van der Waals surface area contributed by atoms with E-state index in [0.29, 0.717) is 17.0 Å². The second kappa shape index (κ2) is 10.3. The van der Waals surface area contributed by atoms with Gasteiger partial charge in [0.2, 0.25) is 5.91 Å². The second-order valence-corrected chi connectivity index (χ2v) is 8.70. The highest BCUT2D eigenvalue weighted by molar-refractivity contribution is 9.10. The van der Waals surface area contributed by atoms with Crippen LogP contribution in [0.5, 0.6) is 5.75 Å². The van der Waals surface area contributed by atoms with Crippen molar-refractivity contribution in [3.63, 3.8) is 0 Å². The number of carbonyl (C=O) groups is 2. The Morgan fingerprint density at radius 2 is 1.60 bits per heavy atom. The van der Waals surface area contributed by atoms with E-state index >= 15 is 0 Å². The Bertz CT molecular complexity index is 1020. The molecule has 0 aliphatic rings. The van der Waals surface area contributed by atoms with Gasteiger partial charge in [0.05, 0.1) is 18.0 Å². The molecule has 0 heterocycles. The van der Waals surface area contributed by atoms with E-state index in [0.717, 1.165) is 15.1 Å². The maximum Gasteiger partial charge on any atom is 0.255 e. The maximum absolute atomic E-state index is 12.5. The van der Waals surface area contributed by atoms with Crippen LogP contribution in [-0.2, 0) is 4.79 Å². The van der Waals surface area contributed by atoms with Crippen molar-refractivity contribution in [2.75, 3.05) is 17.7 Å². The average molecular weight is 485 g/mol. The van der Waals surface area contributed by atoms with E-state index in [-0.39, 0.29) is 17.1 Å². The number of carbonyl (C=O) groups excluding carboxylic acids is 2. The van der Waals surface area contributed by atoms with Gasteiger partial charge in [-0.1, -0.05) is 12.1 Å². The first-order valence-electron chi connectivity index (χ1n) is 9.24. The number of anilines is 2. The number of benzene rings is 3. The summed E-state index contributed by atoms with van der Waals surface area (Å²) < 4.78 is 5.94. The van der Waals surface area contributed by atoms with E-state index < -0.39 is 0 Å². The fourth-order valence-electron chi connectivity index (χ4n) is 2.62. The van der Waals surface area contributed by atoms with Gasteiger partial charge in [-0.15, -0.1) is 11.8 Å². The van der Waals surface area contributed by atoms with Crippen molar-refractivity contribution in [2.24, 2.45) is 0 Å². The van der Waals surface area contributed by atoms with Crippen molar-refractivity contribution >= 4 is 50.9 Å². The summed E-state index contributed by atoms with van der Waals surface area (Å²) in [6.07, 6.45) is 0. The second-order valence-electron chi connectivity index (χ2n) is 6.44. The van der Waals surface area contributed by atoms with Crippen molar-refractivity contribution in [2.45, 2.75) is 17.1 Å². The monoisotopic (exact) mass is 484 g/mol. The lowest BCUT2D eigenvalue weighted by molar-refractivity contribution is -0.115. The molecule has 0 fully saturated rings. The molecular formula is C23H21BrN2O3S. The number of para-hydroxylation sites is 1. The zero-order valence-corrected chi connectivity index (χ0v) is 18.9. The molecule has 0 saturated heterocycles. The molecule has 0 aliphatic carbocycles. The Kier molecular flexibility index (Phi) is 7.54. The molecule has 1 atom stereocenters. The third-order valence-corrected chi connectivity index (χ3v) is 6.08. The summed E-state index contributed by atoms with van der Waals surface area (Å²) in [6, 6.07) is 21.8. The van der Waals surface area contributed by atoms with Gasteiger partial charge in [0, 0.05) is 20.6 Å². The fourth-order valence-corrected chi connectivity index (χ4v) is 3.87. The number of rotatable bonds is 7. The minimum atomic E-state index is -0.281. The summed E-state index contributed by atoms with van der Waals surface area (Å²) in [5, 5.41) is 5.51. The van der Waals surface area contributed by atoms with E-state index in [1.165, 1.54) is 11.8 Å². The van der Waals surface area contributed by atoms with Crippen LogP contribution < -0.4 is 15.4 Å². The molecule has 7 heteroatoms. The normalized spacial score (nSPS) is 11.4. The molecule has 3 aromatic carbocycles. The molecule has 2 N–H and O–H groups in total. The van der Waals surface area contributed by atoms with Gasteiger partial charge in [-0.2, -0.15) is 0 Å². The number of hydrogen-bond donors (Lipinski definition) is 2. The lowest BCUT2D eigenvalue weighted by Crippen LogP contribution is -2.22. The summed E-state index contributed by atoms with van der Waals surface area (Å²) in [5.74, 6) is 0.425. The van der Waals surface area contributed by atoms with Gasteiger partial charge in [0.15, 0.2) is 0 Å². The Balaban J connectivity index is 1.56. The predicted octanol–water partition coefficient (Wildman–Crippen LogP) is 5.83. The summed E-state index contributed by atoms with van der Waals surface area (Å²) in [5.41, 5.74) is 1.98. The van der Waals surface area contributed by atoms with Crippen LogP contribution in [-0.4, -0.2) is 24.2 Å². The zero-order chi connectivity index (χ0) is 21.5. The number of ether oxygens (including phenoxy) is 1. The number of nitrogens with one attached hydrogen (secondary N) is 2. The molecule has 30 heavy (non-hydrogen) atoms. The highest BCUT2D eigenvalue weighted by atomic mass is 79.9. The Hall–Kier alpha value is -2.77. The molecule has 0 aromatic heterocycles. The maximum atomic E-state index is 12.5. The lowest BCUT2D eigenvalue weighted by atomic mass is 10.2. The highest BCUT2D eigenvalue weighted by Gasteiger charge is 2.15. The van der Waals surface area contributed by atoms with E-state index in [9.17, 15) is 9.59 Å². The van der Waals surface area contributed by atoms with Crippen molar-refractivity contribution in [3.05, 3.63) is 82.8 Å². The molecule has 0 bridgehead atoms. The van der Waals surface area contributed by atoms with E-state index in [1.54, 1.807) is 31.4 Å². The number of amides is 2. The number of thioether (sulfide) groups is 1. The van der Waals surface area contributed by atoms with Crippen LogP contribution >= 0.6 is 27.7 Å². The number of methoxy groups -OCH3 is 1. The number of halogens is 1. The molecule has 154 valence electrons. The Morgan fingerprint density at radius 1 is 0.933 bits per heavy atom.